The zero-order valence-electron chi connectivity index (χ0n) is 49.2. The molecule has 0 heterocycles. The Hall–Kier alpha value is -5.11. The van der Waals surface area contributed by atoms with E-state index in [0.717, 1.165) is 38.5 Å². The second-order valence-corrected chi connectivity index (χ2v) is 23.5. The zero-order valence-corrected chi connectivity index (χ0v) is 49.2. The molecule has 0 spiro atoms. The zero-order chi connectivity index (χ0) is 58.0. The number of unbranched alkanes of at least 4 members (excludes halogenated alkanes) is 5. The highest BCUT2D eigenvalue weighted by molar-refractivity contribution is 6.00. The lowest BCUT2D eigenvalue weighted by Gasteiger charge is -2.34. The minimum atomic E-state index is -1.71. The summed E-state index contributed by atoms with van der Waals surface area (Å²) in [6.45, 7) is 28.1. The van der Waals surface area contributed by atoms with Gasteiger partial charge in [0.1, 0.15) is 40.8 Å². The van der Waals surface area contributed by atoms with Gasteiger partial charge in [0.2, 0.25) is 53.2 Å². The van der Waals surface area contributed by atoms with Crippen molar-refractivity contribution >= 4 is 53.2 Å². The predicted octanol–water partition coefficient (Wildman–Crippen LogP) is 3.64. The van der Waals surface area contributed by atoms with E-state index in [1.165, 1.54) is 47.6 Å². The van der Waals surface area contributed by atoms with Gasteiger partial charge in [-0.3, -0.25) is 43.2 Å². The summed E-state index contributed by atoms with van der Waals surface area (Å²) in [6.07, 6.45) is 8.86. The third-order valence-corrected chi connectivity index (χ3v) is 12.7. The minimum Gasteiger partial charge on any atom is -0.390 e. The van der Waals surface area contributed by atoms with Crippen LogP contribution in [-0.4, -0.2) is 143 Å². The summed E-state index contributed by atoms with van der Waals surface area (Å²) in [6, 6.07) is -5.00. The fraction of sp³-hybridized carbons (Fsp3) is 0.800. The first-order valence-corrected chi connectivity index (χ1v) is 27.4. The van der Waals surface area contributed by atoms with E-state index in [1.54, 1.807) is 19.9 Å². The molecule has 0 aromatic carbocycles. The lowest BCUT2D eigenvalue weighted by Crippen LogP contribution is -2.66. The average Bonchev–Trinajstić information content (AvgIpc) is 3.28. The molecule has 0 saturated heterocycles. The van der Waals surface area contributed by atoms with E-state index in [-0.39, 0.29) is 55.5 Å². The van der Waals surface area contributed by atoms with Crippen LogP contribution >= 0.6 is 0 Å². The average molecular weight is 1060 g/mol. The third kappa shape index (κ3) is 28.0. The molecule has 0 aliphatic carbocycles. The normalized spacial score (nSPS) is 15.0. The van der Waals surface area contributed by atoms with Gasteiger partial charge in [-0.2, -0.15) is 0 Å². The molecule has 0 radical (unpaired) electrons. The highest BCUT2D eigenvalue weighted by Gasteiger charge is 2.41. The van der Waals surface area contributed by atoms with E-state index in [4.69, 9.17) is 0 Å². The number of amides is 9. The van der Waals surface area contributed by atoms with Crippen LogP contribution in [0.4, 0.5) is 0 Å². The highest BCUT2D eigenvalue weighted by Crippen LogP contribution is 2.16. The Morgan fingerprint density at radius 3 is 1.60 bits per heavy atom. The Morgan fingerprint density at radius 1 is 0.560 bits per heavy atom. The van der Waals surface area contributed by atoms with Crippen molar-refractivity contribution in [3.8, 4) is 0 Å². The Labute approximate surface area is 450 Å². The molecule has 7 atom stereocenters. The Kier molecular flexibility index (Phi) is 31.5. The SMILES string of the molecule is CCCCCCCCC(NC(=O)/C=C/C(C)CC)C(=O)NC(C(=O)NC(C)(C)C(=O)NC(CC(C)C)C(=O)NC(CC(C)C)C(=O)NC(C)(C)C(=O)NC(C)(C)C(=O)NCCC(=O)NC(C)CN(C)C)C(O)C(C)C. The van der Waals surface area contributed by atoms with Crippen LogP contribution in [0.15, 0.2) is 12.2 Å². The number of nitrogens with zero attached hydrogens (tertiary/aromatic N) is 1. The monoisotopic (exact) mass is 1060 g/mol. The van der Waals surface area contributed by atoms with E-state index in [2.05, 4.69) is 54.8 Å². The summed E-state index contributed by atoms with van der Waals surface area (Å²) in [4.78, 5) is 124. The first-order valence-electron chi connectivity index (χ1n) is 27.4. The summed E-state index contributed by atoms with van der Waals surface area (Å²) in [7, 11) is 3.79. The first kappa shape index (κ1) is 69.9. The maximum absolute atomic E-state index is 14.2. The van der Waals surface area contributed by atoms with Gasteiger partial charge < -0.3 is 57.9 Å². The van der Waals surface area contributed by atoms with Crippen LogP contribution < -0.4 is 47.9 Å². The number of allylic oxidation sites excluding steroid dienone is 1. The molecule has 0 fully saturated rings. The number of hydrogen-bond acceptors (Lipinski definition) is 11. The molecule has 0 aromatic rings. The Balaban J connectivity index is 6.27. The molecule has 0 rings (SSSR count). The van der Waals surface area contributed by atoms with E-state index < -0.39 is 100 Å². The molecule has 20 heteroatoms. The maximum Gasteiger partial charge on any atom is 0.246 e. The molecule has 0 saturated carbocycles. The number of carbonyl (C=O) groups is 9. The molecule has 75 heavy (non-hydrogen) atoms. The lowest BCUT2D eigenvalue weighted by molar-refractivity contribution is -0.140. The van der Waals surface area contributed by atoms with Crippen molar-refractivity contribution in [3.63, 3.8) is 0 Å². The quantitative estimate of drug-likeness (QED) is 0.0319. The second-order valence-electron chi connectivity index (χ2n) is 23.5. The van der Waals surface area contributed by atoms with Gasteiger partial charge in [-0.1, -0.05) is 113 Å². The standard InChI is InChI=1S/C55H102N10O10/c1-19-21-22-23-24-25-26-39(58-42(66)28-27-37(9)20-2)46(69)61-44(45(68)36(7)8)49(72)63-54(13,14)51(74)60-40(31-34(3)4)47(70)59-41(32-35(5)6)48(71)62-55(15,16)52(75)64-53(11,12)50(73)56-30-29-43(67)57-38(10)33-65(17)18/h27-28,34-41,44-45,68H,19-26,29-33H2,1-18H3,(H,56,73)(H,57,67)(H,58,66)(H,59,70)(H,60,74)(H,61,69)(H,62,71)(H,63,72)(H,64,75)/b28-27+. The predicted molar refractivity (Wildman–Crippen MR) is 295 cm³/mol. The number of hydrogen-bond donors (Lipinski definition) is 10. The molecule has 0 aliphatic heterocycles. The molecule has 10 N–H and O–H groups in total. The van der Waals surface area contributed by atoms with Crippen LogP contribution in [-0.2, 0) is 43.2 Å². The molecule has 432 valence electrons. The van der Waals surface area contributed by atoms with Crippen molar-refractivity contribution in [2.75, 3.05) is 27.2 Å². The van der Waals surface area contributed by atoms with Crippen LogP contribution in [0.1, 0.15) is 181 Å². The van der Waals surface area contributed by atoms with Gasteiger partial charge in [-0.25, -0.2) is 0 Å². The van der Waals surface area contributed by atoms with Crippen LogP contribution in [0.3, 0.4) is 0 Å². The lowest BCUT2D eigenvalue weighted by atomic mass is 9.95. The van der Waals surface area contributed by atoms with Gasteiger partial charge in [0.25, 0.3) is 0 Å². The van der Waals surface area contributed by atoms with Crippen LogP contribution in [0.25, 0.3) is 0 Å². The Morgan fingerprint density at radius 2 is 1.07 bits per heavy atom. The van der Waals surface area contributed by atoms with Gasteiger partial charge in [-0.05, 0) is 112 Å². The summed E-state index contributed by atoms with van der Waals surface area (Å²) < 4.78 is 0. The summed E-state index contributed by atoms with van der Waals surface area (Å²) >= 11 is 0. The van der Waals surface area contributed by atoms with E-state index >= 15 is 0 Å². The smallest absolute Gasteiger partial charge is 0.246 e. The van der Waals surface area contributed by atoms with Gasteiger partial charge in [-0.15, -0.1) is 0 Å². The largest absolute Gasteiger partial charge is 0.390 e. The molecule has 9 amide bonds. The summed E-state index contributed by atoms with van der Waals surface area (Å²) in [5.41, 5.74) is -4.75. The van der Waals surface area contributed by atoms with Crippen molar-refractivity contribution in [1.29, 1.82) is 0 Å². The molecule has 0 aliphatic rings. The number of likely N-dealkylation sites (N-methyl/N-ethyl adjacent to an activating group) is 1. The number of carbonyl (C=O) groups excluding carboxylic acids is 9. The number of aliphatic hydroxyl groups is 1. The molecule has 7 unspecified atom stereocenters. The van der Waals surface area contributed by atoms with E-state index in [1.807, 2.05) is 67.5 Å². The van der Waals surface area contributed by atoms with Crippen molar-refractivity contribution in [3.05, 3.63) is 12.2 Å². The molecule has 0 bridgehead atoms. The molecule has 20 nitrogen and oxygen atoms in total. The van der Waals surface area contributed by atoms with Gasteiger partial charge >= 0.3 is 0 Å². The Bertz CT molecular complexity index is 1880. The van der Waals surface area contributed by atoms with Crippen molar-refractivity contribution in [2.24, 2.45) is 23.7 Å². The summed E-state index contributed by atoms with van der Waals surface area (Å²) in [5, 5.41) is 35.9. The second kappa shape index (κ2) is 33.8. The van der Waals surface area contributed by atoms with Crippen LogP contribution in [0.5, 0.6) is 0 Å². The molecular formula is C55H102N10O10. The highest BCUT2D eigenvalue weighted by atomic mass is 16.3. The fourth-order valence-corrected chi connectivity index (χ4v) is 7.81. The number of aliphatic hydroxyl groups excluding tert-OH is 1. The fourth-order valence-electron chi connectivity index (χ4n) is 7.81. The van der Waals surface area contributed by atoms with Crippen molar-refractivity contribution in [1.82, 2.24) is 52.8 Å². The van der Waals surface area contributed by atoms with Crippen molar-refractivity contribution in [2.45, 2.75) is 234 Å². The van der Waals surface area contributed by atoms with Crippen molar-refractivity contribution < 1.29 is 48.3 Å². The third-order valence-electron chi connectivity index (χ3n) is 12.7. The number of rotatable bonds is 36. The minimum absolute atomic E-state index is 0.0278. The van der Waals surface area contributed by atoms with Gasteiger partial charge in [0.15, 0.2) is 0 Å². The molecule has 0 aromatic heterocycles. The first-order chi connectivity index (χ1) is 34.6. The topological polar surface area (TPSA) is 285 Å². The molecular weight excluding hydrogens is 961 g/mol. The van der Waals surface area contributed by atoms with E-state index in [0.29, 0.717) is 19.4 Å². The van der Waals surface area contributed by atoms with Gasteiger partial charge in [0.05, 0.1) is 6.10 Å². The van der Waals surface area contributed by atoms with Gasteiger partial charge in [0, 0.05) is 25.6 Å². The maximum atomic E-state index is 14.2. The summed E-state index contributed by atoms with van der Waals surface area (Å²) in [5.74, 6) is -6.26. The van der Waals surface area contributed by atoms with E-state index in [9.17, 15) is 48.3 Å². The van der Waals surface area contributed by atoms with Crippen LogP contribution in [0, 0.1) is 23.7 Å². The number of nitrogens with one attached hydrogen (secondary N) is 9. The van der Waals surface area contributed by atoms with Crippen LogP contribution in [0.2, 0.25) is 0 Å².